The zero-order chi connectivity index (χ0) is 5.11. The molecule has 1 rings (SSSR count). The molecule has 0 radical (unpaired) electrons. The van der Waals surface area contributed by atoms with Gasteiger partial charge < -0.3 is 29.3 Å². The molecule has 8 heavy (non-hydrogen) atoms. The molecule has 46 valence electrons. The lowest BCUT2D eigenvalue weighted by Crippen LogP contribution is -3.00. The van der Waals surface area contributed by atoms with Crippen LogP contribution in [0.3, 0.4) is 0 Å². The molecule has 0 atom stereocenters. The van der Waals surface area contributed by atoms with Crippen molar-refractivity contribution in [2.24, 2.45) is 0 Å². The number of halogens is 1. The molecule has 0 fully saturated rings. The highest BCUT2D eigenvalue weighted by atomic mass is 127. The van der Waals surface area contributed by atoms with Crippen LogP contribution in [0.15, 0.2) is 12.3 Å². The summed E-state index contributed by atoms with van der Waals surface area (Å²) < 4.78 is 2.07. The lowest BCUT2D eigenvalue weighted by molar-refractivity contribution is -0.497. The van der Waals surface area contributed by atoms with E-state index < -0.39 is 0 Å². The van der Waals surface area contributed by atoms with Gasteiger partial charge in [0.25, 0.3) is 0 Å². The Morgan fingerprint density at radius 2 is 2.38 bits per heavy atom. The third-order valence-corrected chi connectivity index (χ3v) is 0.895. The van der Waals surface area contributed by atoms with Gasteiger partial charge in [0.15, 0.2) is 6.21 Å². The summed E-state index contributed by atoms with van der Waals surface area (Å²) in [6.45, 7) is 0.927. The Morgan fingerprint density at radius 3 is 2.62 bits per heavy atom. The van der Waals surface area contributed by atoms with Crippen molar-refractivity contribution in [3.8, 4) is 0 Å². The van der Waals surface area contributed by atoms with Crippen molar-refractivity contribution in [3.63, 3.8) is 0 Å². The number of nitrogens with zero attached hydrogens (tertiary/aromatic N) is 1. The first kappa shape index (κ1) is 7.94. The fourth-order valence-electron chi connectivity index (χ4n) is 0.507. The fraction of sp³-hybridized carbons (Fsp3) is 0.400. The predicted octanol–water partition coefficient (Wildman–Crippen LogP) is -3.22. The van der Waals surface area contributed by atoms with E-state index in [1.165, 1.54) is 0 Å². The van der Waals surface area contributed by atoms with Crippen molar-refractivity contribution in [2.75, 3.05) is 13.7 Å². The van der Waals surface area contributed by atoms with E-state index in [0.717, 1.165) is 6.67 Å². The van der Waals surface area contributed by atoms with Crippen LogP contribution in [0.2, 0.25) is 0 Å². The highest BCUT2D eigenvalue weighted by Gasteiger charge is 1.91. The Labute approximate surface area is 66.3 Å². The topological polar surface area (TPSA) is 15.0 Å². The molecular formula is C5H9IN2. The first-order chi connectivity index (χ1) is 3.39. The molecule has 1 aliphatic heterocycles. The highest BCUT2D eigenvalue weighted by Crippen LogP contribution is 1.71. The molecule has 0 aromatic heterocycles. The van der Waals surface area contributed by atoms with Gasteiger partial charge in [0.1, 0.15) is 7.05 Å². The van der Waals surface area contributed by atoms with Gasteiger partial charge >= 0.3 is 0 Å². The van der Waals surface area contributed by atoms with E-state index in [1.807, 2.05) is 25.5 Å². The third-order valence-electron chi connectivity index (χ3n) is 0.895. The molecule has 0 spiro atoms. The number of nitrogens with one attached hydrogen (secondary N) is 1. The molecule has 1 heterocycles. The quantitative estimate of drug-likeness (QED) is 0.338. The Kier molecular flexibility index (Phi) is 3.85. The molecule has 1 aliphatic rings. The van der Waals surface area contributed by atoms with Crippen LogP contribution in [0.25, 0.3) is 0 Å². The van der Waals surface area contributed by atoms with Crippen LogP contribution in [0.4, 0.5) is 0 Å². The summed E-state index contributed by atoms with van der Waals surface area (Å²) in [4.78, 5) is 0. The average Bonchev–Trinajstić information content (AvgIpc) is 1.69. The normalized spacial score (nSPS) is 15.9. The first-order valence-corrected chi connectivity index (χ1v) is 2.33. The van der Waals surface area contributed by atoms with Gasteiger partial charge in [-0.15, -0.1) is 0 Å². The second kappa shape index (κ2) is 3.88. The molecule has 0 unspecified atom stereocenters. The maximum atomic E-state index is 3.05. The van der Waals surface area contributed by atoms with E-state index in [-0.39, 0.29) is 24.0 Å². The van der Waals surface area contributed by atoms with Crippen molar-refractivity contribution in [3.05, 3.63) is 12.3 Å². The summed E-state index contributed by atoms with van der Waals surface area (Å²) in [7, 11) is 2.02. The molecule has 0 aliphatic carbocycles. The Bertz CT molecular complexity index is 118. The summed E-state index contributed by atoms with van der Waals surface area (Å²) in [5.41, 5.74) is 0. The van der Waals surface area contributed by atoms with Gasteiger partial charge in [0.2, 0.25) is 6.67 Å². The van der Waals surface area contributed by atoms with Crippen molar-refractivity contribution in [2.45, 2.75) is 0 Å². The van der Waals surface area contributed by atoms with E-state index in [2.05, 4.69) is 9.89 Å². The number of rotatable bonds is 0. The maximum absolute atomic E-state index is 3.05. The highest BCUT2D eigenvalue weighted by molar-refractivity contribution is 5.66. The molecule has 0 aromatic rings. The van der Waals surface area contributed by atoms with Crippen LogP contribution >= 0.6 is 0 Å². The van der Waals surface area contributed by atoms with Crippen LogP contribution in [-0.4, -0.2) is 24.5 Å². The average molecular weight is 224 g/mol. The van der Waals surface area contributed by atoms with Crippen LogP contribution < -0.4 is 29.3 Å². The maximum Gasteiger partial charge on any atom is 0.215 e. The molecule has 0 saturated heterocycles. The molecule has 1 N–H and O–H groups in total. The van der Waals surface area contributed by atoms with Gasteiger partial charge in [0, 0.05) is 12.3 Å². The van der Waals surface area contributed by atoms with Crippen LogP contribution in [0, 0.1) is 0 Å². The van der Waals surface area contributed by atoms with Crippen LogP contribution in [0.5, 0.6) is 0 Å². The molecule has 0 amide bonds. The molecule has 0 aromatic carbocycles. The minimum absolute atomic E-state index is 0. The summed E-state index contributed by atoms with van der Waals surface area (Å²) in [6.07, 6.45) is 5.93. The molecular weight excluding hydrogens is 215 g/mol. The Balaban J connectivity index is 0.000000490. The fourth-order valence-corrected chi connectivity index (χ4v) is 0.507. The van der Waals surface area contributed by atoms with Gasteiger partial charge in [-0.25, -0.2) is 4.58 Å². The van der Waals surface area contributed by atoms with Crippen LogP contribution in [0.1, 0.15) is 0 Å². The Morgan fingerprint density at radius 1 is 1.62 bits per heavy atom. The standard InChI is InChI=1S/C5H8N2.HI/c1-7-4-2-3-6-5-7;/h2-4H,5H2,1H3;1H. The third kappa shape index (κ3) is 2.30. The van der Waals surface area contributed by atoms with E-state index >= 15 is 0 Å². The summed E-state index contributed by atoms with van der Waals surface area (Å²) >= 11 is 0. The number of hydrogen-bond acceptors (Lipinski definition) is 1. The van der Waals surface area contributed by atoms with Gasteiger partial charge in [0.05, 0.1) is 0 Å². The lowest BCUT2D eigenvalue weighted by Gasteiger charge is -1.98. The molecule has 3 heteroatoms. The van der Waals surface area contributed by atoms with Crippen molar-refractivity contribution < 1.29 is 28.6 Å². The lowest BCUT2D eigenvalue weighted by atomic mass is 10.6. The zero-order valence-electron chi connectivity index (χ0n) is 4.76. The Hall–Kier alpha value is -0.0600. The van der Waals surface area contributed by atoms with E-state index in [4.69, 9.17) is 0 Å². The minimum atomic E-state index is 0. The van der Waals surface area contributed by atoms with Crippen molar-refractivity contribution in [1.82, 2.24) is 5.32 Å². The van der Waals surface area contributed by atoms with Crippen molar-refractivity contribution in [1.29, 1.82) is 0 Å². The summed E-state index contributed by atoms with van der Waals surface area (Å²) in [5.74, 6) is 0. The zero-order valence-corrected chi connectivity index (χ0v) is 6.92. The SMILES string of the molecule is C[N+]1=CC=CNC1.[I-]. The van der Waals surface area contributed by atoms with Gasteiger partial charge in [-0.3, -0.25) is 0 Å². The largest absolute Gasteiger partial charge is 1.00 e. The second-order valence-corrected chi connectivity index (χ2v) is 1.63. The monoisotopic (exact) mass is 224 g/mol. The summed E-state index contributed by atoms with van der Waals surface area (Å²) in [5, 5.41) is 3.05. The van der Waals surface area contributed by atoms with E-state index in [1.54, 1.807) is 0 Å². The second-order valence-electron chi connectivity index (χ2n) is 1.63. The number of hydrogen-bond donors (Lipinski definition) is 1. The molecule has 0 saturated carbocycles. The number of allylic oxidation sites excluding steroid dienone is 1. The van der Waals surface area contributed by atoms with Gasteiger partial charge in [-0.1, -0.05) is 0 Å². The molecule has 0 bridgehead atoms. The minimum Gasteiger partial charge on any atom is -1.00 e. The van der Waals surface area contributed by atoms with E-state index in [0.29, 0.717) is 0 Å². The van der Waals surface area contributed by atoms with E-state index in [9.17, 15) is 0 Å². The smallest absolute Gasteiger partial charge is 0.215 e. The van der Waals surface area contributed by atoms with Crippen LogP contribution in [-0.2, 0) is 0 Å². The van der Waals surface area contributed by atoms with Gasteiger partial charge in [-0.05, 0) is 0 Å². The van der Waals surface area contributed by atoms with Gasteiger partial charge in [-0.2, -0.15) is 0 Å². The molecule has 2 nitrogen and oxygen atoms in total. The summed E-state index contributed by atoms with van der Waals surface area (Å²) in [6, 6.07) is 0. The first-order valence-electron chi connectivity index (χ1n) is 2.33. The predicted molar refractivity (Wildman–Crippen MR) is 29.4 cm³/mol. The van der Waals surface area contributed by atoms with Crippen molar-refractivity contribution >= 4 is 6.21 Å².